The highest BCUT2D eigenvalue weighted by Crippen LogP contribution is 2.54. The molecule has 0 unspecified atom stereocenters. The van der Waals surface area contributed by atoms with Crippen molar-refractivity contribution in [1.29, 1.82) is 0 Å². The first-order valence-corrected chi connectivity index (χ1v) is 6.05. The van der Waals surface area contributed by atoms with Gasteiger partial charge < -0.3 is 9.80 Å². The number of amides is 2. The Morgan fingerprint density at radius 1 is 1.00 bits per heavy atom. The van der Waals surface area contributed by atoms with Crippen LogP contribution in [0.1, 0.15) is 0 Å². The number of carbonyl (C=O) groups is 2. The van der Waals surface area contributed by atoms with Gasteiger partial charge in [0.1, 0.15) is 0 Å². The van der Waals surface area contributed by atoms with E-state index < -0.39 is 17.8 Å². The second-order valence-corrected chi connectivity index (χ2v) is 6.14. The highest BCUT2D eigenvalue weighted by molar-refractivity contribution is 8.12. The van der Waals surface area contributed by atoms with Crippen LogP contribution in [-0.2, 0) is 4.57 Å². The molecule has 13 heavy (non-hydrogen) atoms. The summed E-state index contributed by atoms with van der Waals surface area (Å²) >= 11 is 5.40. The quantitative estimate of drug-likeness (QED) is 0.676. The van der Waals surface area contributed by atoms with E-state index in [4.69, 9.17) is 11.2 Å². The van der Waals surface area contributed by atoms with E-state index in [1.165, 1.54) is 28.2 Å². The van der Waals surface area contributed by atoms with E-state index in [0.29, 0.717) is 0 Å². The van der Waals surface area contributed by atoms with Gasteiger partial charge in [0, 0.05) is 28.2 Å². The van der Waals surface area contributed by atoms with Gasteiger partial charge in [-0.1, -0.05) is 0 Å². The molecular formula is C6H12ClN2O3P. The summed E-state index contributed by atoms with van der Waals surface area (Å²) in [4.78, 5) is 24.5. The molecule has 0 aromatic rings. The Morgan fingerprint density at radius 2 is 1.23 bits per heavy atom. The van der Waals surface area contributed by atoms with Gasteiger partial charge in [-0.2, -0.15) is 0 Å². The molecule has 76 valence electrons. The average molecular weight is 227 g/mol. The lowest BCUT2D eigenvalue weighted by Gasteiger charge is -2.17. The molecule has 0 aliphatic rings. The van der Waals surface area contributed by atoms with Crippen LogP contribution in [0.4, 0.5) is 9.59 Å². The highest BCUT2D eigenvalue weighted by Gasteiger charge is 2.40. The van der Waals surface area contributed by atoms with Gasteiger partial charge in [-0.15, -0.1) is 0 Å². The van der Waals surface area contributed by atoms with Crippen molar-refractivity contribution in [1.82, 2.24) is 9.80 Å². The third kappa shape index (κ3) is 2.71. The first-order valence-electron chi connectivity index (χ1n) is 3.44. The fourth-order valence-electron chi connectivity index (χ4n) is 0.596. The number of hydrogen-bond donors (Lipinski definition) is 0. The molecule has 0 aliphatic heterocycles. The largest absolute Gasteiger partial charge is 0.341 e. The zero-order chi connectivity index (χ0) is 10.8. The molecule has 0 aromatic carbocycles. The summed E-state index contributed by atoms with van der Waals surface area (Å²) in [6.07, 6.45) is 0. The molecule has 0 saturated heterocycles. The summed E-state index contributed by atoms with van der Waals surface area (Å²) in [5, 5.41) is 0. The van der Waals surface area contributed by atoms with Crippen LogP contribution in [0, 0.1) is 0 Å². The van der Waals surface area contributed by atoms with E-state index in [1.807, 2.05) is 0 Å². The zero-order valence-corrected chi connectivity index (χ0v) is 9.59. The van der Waals surface area contributed by atoms with Crippen molar-refractivity contribution in [3.63, 3.8) is 0 Å². The molecule has 0 radical (unpaired) electrons. The SMILES string of the molecule is CN(C)C(=O)P(=O)(Cl)C(=O)N(C)C. The fraction of sp³-hybridized carbons (Fsp3) is 0.667. The third-order valence-electron chi connectivity index (χ3n) is 1.26. The van der Waals surface area contributed by atoms with Crippen molar-refractivity contribution in [2.75, 3.05) is 28.2 Å². The van der Waals surface area contributed by atoms with Crippen molar-refractivity contribution in [2.24, 2.45) is 0 Å². The van der Waals surface area contributed by atoms with Crippen molar-refractivity contribution in [2.45, 2.75) is 0 Å². The average Bonchev–Trinajstić information content (AvgIpc) is 2.01. The maximum atomic E-state index is 11.5. The molecule has 0 aromatic heterocycles. The lowest BCUT2D eigenvalue weighted by Crippen LogP contribution is -2.26. The Hall–Kier alpha value is -0.540. The van der Waals surface area contributed by atoms with Gasteiger partial charge in [0.2, 0.25) is 0 Å². The smallest absolute Gasteiger partial charge is 0.336 e. The lowest BCUT2D eigenvalue weighted by atomic mass is 11.0. The van der Waals surface area contributed by atoms with Crippen molar-refractivity contribution in [3.05, 3.63) is 0 Å². The van der Waals surface area contributed by atoms with Crippen LogP contribution >= 0.6 is 17.7 Å². The van der Waals surface area contributed by atoms with Crippen molar-refractivity contribution < 1.29 is 14.2 Å². The lowest BCUT2D eigenvalue weighted by molar-refractivity contribution is 0.232. The molecule has 0 rings (SSSR count). The number of rotatable bonds is 2. The van der Waals surface area contributed by atoms with E-state index in [-0.39, 0.29) is 0 Å². The topological polar surface area (TPSA) is 57.7 Å². The van der Waals surface area contributed by atoms with Crippen LogP contribution in [0.2, 0.25) is 0 Å². The number of carbonyl (C=O) groups excluding carboxylic acids is 2. The molecule has 0 spiro atoms. The zero-order valence-electron chi connectivity index (χ0n) is 7.94. The predicted octanol–water partition coefficient (Wildman–Crippen LogP) is 1.87. The molecule has 0 N–H and O–H groups in total. The maximum Gasteiger partial charge on any atom is 0.336 e. The Kier molecular flexibility index (Phi) is 3.94. The number of nitrogens with zero attached hydrogens (tertiary/aromatic N) is 2. The normalized spacial score (nSPS) is 10.8. The van der Waals surface area contributed by atoms with Crippen LogP contribution in [-0.4, -0.2) is 49.3 Å². The Balaban J connectivity index is 4.88. The highest BCUT2D eigenvalue weighted by atomic mass is 35.7. The van der Waals surface area contributed by atoms with Gasteiger partial charge in [-0.25, -0.2) is 0 Å². The standard InChI is InChI=1S/C6H12ClN2O3P/c1-8(2)5(10)13(7,12)6(11)9(3)4/h1-4H3. The first-order chi connectivity index (χ1) is 5.71. The van der Waals surface area contributed by atoms with Gasteiger partial charge in [0.15, 0.2) is 0 Å². The van der Waals surface area contributed by atoms with Crippen LogP contribution < -0.4 is 0 Å². The minimum absolute atomic E-state index is 0.854. The molecule has 0 fully saturated rings. The second kappa shape index (κ2) is 4.11. The molecule has 5 nitrogen and oxygen atoms in total. The maximum absolute atomic E-state index is 11.5. The van der Waals surface area contributed by atoms with E-state index in [0.717, 1.165) is 9.80 Å². The molecule has 0 heterocycles. The van der Waals surface area contributed by atoms with Gasteiger partial charge in [0.25, 0.3) is 0 Å². The summed E-state index contributed by atoms with van der Waals surface area (Å²) in [6.45, 7) is -3.94. The minimum atomic E-state index is -3.94. The molecular weight excluding hydrogens is 215 g/mol. The summed E-state index contributed by atoms with van der Waals surface area (Å²) in [5.41, 5.74) is -1.71. The molecule has 0 atom stereocenters. The van der Waals surface area contributed by atoms with Crippen molar-refractivity contribution >= 4 is 29.0 Å². The summed E-state index contributed by atoms with van der Waals surface area (Å²) in [6, 6.07) is 0. The molecule has 7 heteroatoms. The summed E-state index contributed by atoms with van der Waals surface area (Å²) in [5.74, 6) is 0. The molecule has 2 amide bonds. The number of hydrogen-bond acceptors (Lipinski definition) is 3. The van der Waals surface area contributed by atoms with E-state index >= 15 is 0 Å². The van der Waals surface area contributed by atoms with Gasteiger partial charge in [0.05, 0.1) is 0 Å². The fourth-order valence-corrected chi connectivity index (χ4v) is 2.70. The predicted molar refractivity (Wildman–Crippen MR) is 51.6 cm³/mol. The van der Waals surface area contributed by atoms with Crippen LogP contribution in [0.15, 0.2) is 0 Å². The van der Waals surface area contributed by atoms with Crippen LogP contribution in [0.5, 0.6) is 0 Å². The van der Waals surface area contributed by atoms with Crippen molar-refractivity contribution in [3.8, 4) is 0 Å². The minimum Gasteiger partial charge on any atom is -0.341 e. The Bertz CT molecular complexity index is 253. The monoisotopic (exact) mass is 226 g/mol. The van der Waals surface area contributed by atoms with Gasteiger partial charge in [-0.05, 0) is 11.2 Å². The molecule has 0 saturated carbocycles. The molecule has 0 aliphatic carbocycles. The van der Waals surface area contributed by atoms with E-state index in [1.54, 1.807) is 0 Å². The second-order valence-electron chi connectivity index (χ2n) is 2.89. The Labute approximate surface area is 81.8 Å². The summed E-state index contributed by atoms with van der Waals surface area (Å²) in [7, 11) is 5.56. The Morgan fingerprint density at radius 3 is 1.38 bits per heavy atom. The van der Waals surface area contributed by atoms with Crippen LogP contribution in [0.3, 0.4) is 0 Å². The third-order valence-corrected chi connectivity index (χ3v) is 3.91. The van der Waals surface area contributed by atoms with E-state index in [2.05, 4.69) is 0 Å². The van der Waals surface area contributed by atoms with E-state index in [9.17, 15) is 14.2 Å². The van der Waals surface area contributed by atoms with Gasteiger partial charge in [-0.3, -0.25) is 14.2 Å². The summed E-state index contributed by atoms with van der Waals surface area (Å²) < 4.78 is 11.5. The van der Waals surface area contributed by atoms with Crippen LogP contribution in [0.25, 0.3) is 0 Å². The molecule has 0 bridgehead atoms. The number of halogens is 1. The first kappa shape index (κ1) is 12.5. The van der Waals surface area contributed by atoms with Gasteiger partial charge >= 0.3 is 17.8 Å².